The molecular weight excluding hydrogens is 524 g/mol. The van der Waals surface area contributed by atoms with E-state index in [0.29, 0.717) is 16.9 Å². The largest absolute Gasteiger partial charge is 0.378 e. The second-order valence-corrected chi connectivity index (χ2v) is 11.3. The number of morpholine rings is 1. The Labute approximate surface area is 240 Å². The zero-order valence-corrected chi connectivity index (χ0v) is 24.0. The molecule has 2 saturated heterocycles. The highest BCUT2D eigenvalue weighted by atomic mass is 32.2. The number of carbonyl (C=O) groups is 2. The Morgan fingerprint density at radius 1 is 0.925 bits per heavy atom. The van der Waals surface area contributed by atoms with Gasteiger partial charge in [0.2, 0.25) is 0 Å². The topological polar surface area (TPSA) is 89.2 Å². The summed E-state index contributed by atoms with van der Waals surface area (Å²) in [5, 5.41) is 10.1. The van der Waals surface area contributed by atoms with Crippen LogP contribution in [-0.2, 0) is 4.74 Å². The zero-order valence-electron chi connectivity index (χ0n) is 23.2. The molecule has 3 aliphatic heterocycles. The number of amides is 3. The number of allylic oxidation sites excluding steroid dienone is 2. The highest BCUT2D eigenvalue weighted by Gasteiger charge is 2.22. The Kier molecular flexibility index (Phi) is 9.30. The summed E-state index contributed by atoms with van der Waals surface area (Å²) in [6, 6.07) is 14.7. The number of hydrogen-bond acceptors (Lipinski definition) is 7. The number of nitrogens with one attached hydrogen (secondary N) is 3. The lowest BCUT2D eigenvalue weighted by Crippen LogP contribution is -2.43. The third kappa shape index (κ3) is 7.38. The van der Waals surface area contributed by atoms with Crippen LogP contribution in [-0.4, -0.2) is 74.2 Å². The summed E-state index contributed by atoms with van der Waals surface area (Å²) in [6.45, 7) is 7.46. The van der Waals surface area contributed by atoms with E-state index in [4.69, 9.17) is 4.74 Å². The van der Waals surface area contributed by atoms with Crippen LogP contribution in [0.2, 0.25) is 0 Å². The summed E-state index contributed by atoms with van der Waals surface area (Å²) < 4.78 is 7.70. The lowest BCUT2D eigenvalue weighted by Gasteiger charge is -2.35. The van der Waals surface area contributed by atoms with E-state index >= 15 is 0 Å². The van der Waals surface area contributed by atoms with Gasteiger partial charge in [0, 0.05) is 54.2 Å². The predicted octanol–water partition coefficient (Wildman–Crippen LogP) is 5.09. The fourth-order valence-electron chi connectivity index (χ4n) is 4.87. The number of rotatable bonds is 7. The number of hydrogen-bond donors (Lipinski definition) is 3. The van der Waals surface area contributed by atoms with Crippen molar-refractivity contribution >= 4 is 40.9 Å². The van der Waals surface area contributed by atoms with E-state index in [0.717, 1.165) is 64.3 Å². The van der Waals surface area contributed by atoms with Gasteiger partial charge in [-0.25, -0.2) is 4.79 Å². The van der Waals surface area contributed by atoms with Crippen molar-refractivity contribution in [3.8, 4) is 0 Å². The van der Waals surface area contributed by atoms with Gasteiger partial charge in [0.05, 0.1) is 23.9 Å². The van der Waals surface area contributed by atoms with Gasteiger partial charge in [-0.15, -0.1) is 0 Å². The molecule has 2 aromatic rings. The Hall–Kier alpha value is -3.47. The lowest BCUT2D eigenvalue weighted by atomic mass is 10.0. The minimum absolute atomic E-state index is 0.0778. The minimum atomic E-state index is -0.339. The van der Waals surface area contributed by atoms with Gasteiger partial charge < -0.3 is 30.5 Å². The molecule has 0 radical (unpaired) electrons. The molecule has 0 saturated carbocycles. The van der Waals surface area contributed by atoms with Gasteiger partial charge in [0.25, 0.3) is 5.91 Å². The first-order valence-electron chi connectivity index (χ1n) is 14.0. The average Bonchev–Trinajstić information content (AvgIpc) is 2.99. The van der Waals surface area contributed by atoms with Crippen molar-refractivity contribution in [1.29, 1.82) is 0 Å². The summed E-state index contributed by atoms with van der Waals surface area (Å²) in [4.78, 5) is 29.9. The van der Waals surface area contributed by atoms with E-state index < -0.39 is 0 Å². The molecule has 2 aromatic carbocycles. The maximum atomic E-state index is 12.6. The van der Waals surface area contributed by atoms with Crippen LogP contribution < -0.4 is 20.3 Å². The van der Waals surface area contributed by atoms with Crippen LogP contribution in [0, 0.1) is 0 Å². The SMILES string of the molecule is CCC1=CN(c2ccc(NC(=O)Nc3ccc(C(=O)NC4CCN(C)CC4)cc3)cc2)SC(N2CCOCC2)=C1. The molecule has 212 valence electrons. The van der Waals surface area contributed by atoms with Crippen molar-refractivity contribution in [3.63, 3.8) is 0 Å². The number of nitrogens with zero attached hydrogens (tertiary/aromatic N) is 3. The smallest absolute Gasteiger partial charge is 0.323 e. The third-order valence-electron chi connectivity index (χ3n) is 7.35. The minimum Gasteiger partial charge on any atom is -0.378 e. The van der Waals surface area contributed by atoms with Gasteiger partial charge in [-0.2, -0.15) is 0 Å². The molecule has 0 atom stereocenters. The number of piperidine rings is 1. The van der Waals surface area contributed by atoms with Crippen LogP contribution in [0.15, 0.2) is 71.4 Å². The number of likely N-dealkylation sites (tertiary alicyclic amines) is 1. The van der Waals surface area contributed by atoms with Crippen molar-refractivity contribution in [2.75, 3.05) is 61.4 Å². The summed E-state index contributed by atoms with van der Waals surface area (Å²) in [7, 11) is 2.10. The fraction of sp³-hybridized carbons (Fsp3) is 0.400. The third-order valence-corrected chi connectivity index (χ3v) is 8.43. The number of benzene rings is 2. The Morgan fingerprint density at radius 3 is 2.17 bits per heavy atom. The van der Waals surface area contributed by atoms with E-state index in [1.54, 1.807) is 36.2 Å². The van der Waals surface area contributed by atoms with Crippen LogP contribution in [0.5, 0.6) is 0 Å². The summed E-state index contributed by atoms with van der Waals surface area (Å²) in [6.07, 6.45) is 7.31. The molecule has 0 aromatic heterocycles. The normalized spacial score (nSPS) is 18.6. The van der Waals surface area contributed by atoms with Crippen LogP contribution >= 0.6 is 11.9 Å². The van der Waals surface area contributed by atoms with E-state index in [-0.39, 0.29) is 18.0 Å². The van der Waals surface area contributed by atoms with Crippen molar-refractivity contribution in [3.05, 3.63) is 77.0 Å². The Bertz CT molecular complexity index is 1230. The van der Waals surface area contributed by atoms with Crippen LogP contribution in [0.4, 0.5) is 21.9 Å². The van der Waals surface area contributed by atoms with Gasteiger partial charge in [-0.1, -0.05) is 6.92 Å². The molecule has 3 aliphatic rings. The van der Waals surface area contributed by atoms with Gasteiger partial charge in [0.15, 0.2) is 0 Å². The molecule has 10 heteroatoms. The second-order valence-electron chi connectivity index (χ2n) is 10.3. The molecule has 0 unspecified atom stereocenters. The first kappa shape index (κ1) is 28.1. The van der Waals surface area contributed by atoms with Gasteiger partial charge in [0.1, 0.15) is 0 Å². The van der Waals surface area contributed by atoms with E-state index in [9.17, 15) is 9.59 Å². The summed E-state index contributed by atoms with van der Waals surface area (Å²) >= 11 is 1.70. The van der Waals surface area contributed by atoms with Crippen molar-refractivity contribution in [1.82, 2.24) is 15.1 Å². The van der Waals surface area contributed by atoms with Gasteiger partial charge in [-0.3, -0.25) is 9.10 Å². The quantitative estimate of drug-likeness (QED) is 0.405. The molecule has 0 aliphatic carbocycles. The fourth-order valence-corrected chi connectivity index (χ4v) is 5.98. The predicted molar refractivity (Wildman–Crippen MR) is 162 cm³/mol. The van der Waals surface area contributed by atoms with Crippen LogP contribution in [0.1, 0.15) is 36.5 Å². The monoisotopic (exact) mass is 562 g/mol. The first-order valence-corrected chi connectivity index (χ1v) is 14.7. The molecule has 3 amide bonds. The average molecular weight is 563 g/mol. The summed E-state index contributed by atoms with van der Waals surface area (Å²) in [5.41, 5.74) is 4.21. The standard InChI is InChI=1S/C30H38N6O3S/c1-3-22-20-28(35-16-18-39-19-17-35)40-36(21-22)27-10-8-25(9-11-27)33-30(38)32-24-6-4-23(5-7-24)29(37)31-26-12-14-34(2)15-13-26/h4-11,20-21,26H,3,12-19H2,1-2H3,(H,31,37)(H2,32,33,38). The van der Waals surface area contributed by atoms with E-state index in [2.05, 4.69) is 56.3 Å². The number of ether oxygens (including phenoxy) is 1. The van der Waals surface area contributed by atoms with E-state index in [1.165, 1.54) is 10.6 Å². The molecule has 0 bridgehead atoms. The van der Waals surface area contributed by atoms with Crippen LogP contribution in [0.25, 0.3) is 0 Å². The Balaban J connectivity index is 1.13. The second kappa shape index (κ2) is 13.3. The Morgan fingerprint density at radius 2 is 1.55 bits per heavy atom. The summed E-state index contributed by atoms with van der Waals surface area (Å²) in [5.74, 6) is -0.0778. The van der Waals surface area contributed by atoms with Gasteiger partial charge >= 0.3 is 6.03 Å². The zero-order chi connectivity index (χ0) is 27.9. The van der Waals surface area contributed by atoms with Crippen LogP contribution in [0.3, 0.4) is 0 Å². The molecular formula is C30H38N6O3S. The lowest BCUT2D eigenvalue weighted by molar-refractivity contribution is 0.0576. The number of urea groups is 1. The van der Waals surface area contributed by atoms with Crippen molar-refractivity contribution < 1.29 is 14.3 Å². The molecule has 3 heterocycles. The molecule has 0 spiro atoms. The first-order chi connectivity index (χ1) is 19.5. The van der Waals surface area contributed by atoms with E-state index in [1.807, 2.05) is 24.3 Å². The highest BCUT2D eigenvalue weighted by molar-refractivity contribution is 8.04. The van der Waals surface area contributed by atoms with Gasteiger partial charge in [-0.05, 0) is 99.6 Å². The number of carbonyl (C=O) groups excluding carboxylic acids is 2. The molecule has 2 fully saturated rings. The van der Waals surface area contributed by atoms with Crippen molar-refractivity contribution in [2.45, 2.75) is 32.2 Å². The van der Waals surface area contributed by atoms with Crippen molar-refractivity contribution in [2.24, 2.45) is 0 Å². The molecule has 9 nitrogen and oxygen atoms in total. The molecule has 40 heavy (non-hydrogen) atoms. The highest BCUT2D eigenvalue weighted by Crippen LogP contribution is 2.36. The maximum Gasteiger partial charge on any atom is 0.323 e. The molecule has 3 N–H and O–H groups in total. The number of anilines is 3. The maximum absolute atomic E-state index is 12.6. The molecule has 5 rings (SSSR count).